The van der Waals surface area contributed by atoms with E-state index in [-0.39, 0.29) is 43.1 Å². The molecule has 0 fully saturated rings. The maximum Gasteiger partial charge on any atom is 0.306 e. The highest BCUT2D eigenvalue weighted by Gasteiger charge is 2.33. The van der Waals surface area contributed by atoms with E-state index in [0.717, 1.165) is 22.3 Å². The van der Waals surface area contributed by atoms with Crippen molar-refractivity contribution < 1.29 is 27.4 Å². The molecule has 1 heterocycles. The zero-order valence-electron chi connectivity index (χ0n) is 23.6. The number of nitrogen functional groups attached to an aromatic ring is 1. The summed E-state index contributed by atoms with van der Waals surface area (Å²) in [7, 11) is -0.482. The quantitative estimate of drug-likeness (QED) is 0.282. The molecule has 0 spiro atoms. The molecular formula is C30H37N3O6S. The van der Waals surface area contributed by atoms with Crippen LogP contribution >= 0.6 is 0 Å². The van der Waals surface area contributed by atoms with Crippen LogP contribution in [0.4, 0.5) is 11.4 Å². The molecule has 1 aliphatic heterocycles. The third-order valence-electron chi connectivity index (χ3n) is 7.08. The van der Waals surface area contributed by atoms with Gasteiger partial charge in [-0.15, -0.1) is 0 Å². The molecule has 0 saturated carbocycles. The zero-order chi connectivity index (χ0) is 29.0. The fourth-order valence-electron chi connectivity index (χ4n) is 5.06. The van der Waals surface area contributed by atoms with Crippen molar-refractivity contribution >= 4 is 27.4 Å². The normalized spacial score (nSPS) is 17.2. The summed E-state index contributed by atoms with van der Waals surface area (Å²) in [5.74, 6) is 0.169. The Labute approximate surface area is 236 Å². The Morgan fingerprint density at radius 2 is 1.93 bits per heavy atom. The van der Waals surface area contributed by atoms with Crippen LogP contribution in [0.5, 0.6) is 11.5 Å². The lowest BCUT2D eigenvalue weighted by Crippen LogP contribution is -2.35. The summed E-state index contributed by atoms with van der Waals surface area (Å²) >= 11 is 0. The van der Waals surface area contributed by atoms with E-state index in [1.54, 1.807) is 45.3 Å². The first kappa shape index (κ1) is 29.2. The highest BCUT2D eigenvalue weighted by Crippen LogP contribution is 2.39. The van der Waals surface area contributed by atoms with E-state index in [0.29, 0.717) is 22.9 Å². The number of hydrogen-bond acceptors (Lipinski definition) is 8. The number of rotatable bonds is 9. The van der Waals surface area contributed by atoms with Crippen molar-refractivity contribution in [2.45, 2.75) is 50.7 Å². The van der Waals surface area contributed by atoms with Gasteiger partial charge in [0.15, 0.2) is 0 Å². The Bertz CT molecular complexity index is 1490. The predicted octanol–water partition coefficient (Wildman–Crippen LogP) is 4.68. The van der Waals surface area contributed by atoms with E-state index in [1.165, 1.54) is 4.31 Å². The van der Waals surface area contributed by atoms with Gasteiger partial charge in [0.05, 0.1) is 38.1 Å². The molecule has 0 bridgehead atoms. The number of benzene rings is 3. The second kappa shape index (κ2) is 12.2. The van der Waals surface area contributed by atoms with Crippen LogP contribution in [0, 0.1) is 6.92 Å². The summed E-state index contributed by atoms with van der Waals surface area (Å²) in [6.45, 7) is 6.19. The fourth-order valence-corrected chi connectivity index (χ4v) is 6.67. The molecular weight excluding hydrogens is 530 g/mol. The molecule has 0 aromatic heterocycles. The average molecular weight is 568 g/mol. The summed E-state index contributed by atoms with van der Waals surface area (Å²) in [5, 5.41) is 3.05. The first-order valence-corrected chi connectivity index (χ1v) is 14.7. The molecule has 1 unspecified atom stereocenters. The largest absolute Gasteiger partial charge is 0.494 e. The molecule has 214 valence electrons. The first-order valence-electron chi connectivity index (χ1n) is 13.2. The number of esters is 1. The summed E-state index contributed by atoms with van der Waals surface area (Å²) < 4.78 is 45.6. The Hall–Kier alpha value is -3.76. The summed E-state index contributed by atoms with van der Waals surface area (Å²) in [5.41, 5.74) is 10.9. The van der Waals surface area contributed by atoms with Gasteiger partial charge in [0, 0.05) is 19.5 Å². The molecule has 4 rings (SSSR count). The molecule has 0 radical (unpaired) electrons. The van der Waals surface area contributed by atoms with Gasteiger partial charge in [0.1, 0.15) is 22.5 Å². The molecule has 3 N–H and O–H groups in total. The van der Waals surface area contributed by atoms with Gasteiger partial charge in [-0.2, -0.15) is 4.31 Å². The van der Waals surface area contributed by atoms with Crippen LogP contribution in [-0.4, -0.2) is 52.1 Å². The van der Waals surface area contributed by atoms with E-state index in [9.17, 15) is 13.2 Å². The number of methoxy groups -OCH3 is 1. The number of carbonyl (C=O) groups is 1. The van der Waals surface area contributed by atoms with Crippen LogP contribution in [0.2, 0.25) is 0 Å². The van der Waals surface area contributed by atoms with Crippen LogP contribution < -0.4 is 20.5 Å². The van der Waals surface area contributed by atoms with Crippen molar-refractivity contribution in [3.05, 3.63) is 76.9 Å². The van der Waals surface area contributed by atoms with Crippen molar-refractivity contribution in [1.29, 1.82) is 0 Å². The standard InChI is InChI=1S/C30H37N3O6S/c1-6-38-29(34)16-24(22-14-25(31)30(32-4)27(15-22)37-5)21-12-11-19(2)23(13-21)18-33-17-20(3)39-26-9-7-8-10-28(26)40(33,35)36/h7-15,20,24,32H,6,16-18,31H2,1-5H3/t20-,24?/m1/s1. The van der Waals surface area contributed by atoms with Gasteiger partial charge in [-0.3, -0.25) is 4.79 Å². The summed E-state index contributed by atoms with van der Waals surface area (Å²) in [6, 6.07) is 16.3. The fraction of sp³-hybridized carbons (Fsp3) is 0.367. The maximum atomic E-state index is 13.7. The smallest absolute Gasteiger partial charge is 0.306 e. The minimum absolute atomic E-state index is 0.0814. The highest BCUT2D eigenvalue weighted by atomic mass is 32.2. The number of hydrogen-bond donors (Lipinski definition) is 2. The molecule has 3 aromatic carbocycles. The van der Waals surface area contributed by atoms with E-state index >= 15 is 0 Å². The number of nitrogens with zero attached hydrogens (tertiary/aromatic N) is 1. The minimum Gasteiger partial charge on any atom is -0.494 e. The van der Waals surface area contributed by atoms with Gasteiger partial charge in [-0.05, 0) is 67.3 Å². The van der Waals surface area contributed by atoms with Crippen LogP contribution in [0.15, 0.2) is 59.5 Å². The van der Waals surface area contributed by atoms with Crippen LogP contribution in [0.25, 0.3) is 0 Å². The molecule has 3 aromatic rings. The van der Waals surface area contributed by atoms with Crippen molar-refractivity contribution in [1.82, 2.24) is 4.31 Å². The SMILES string of the molecule is CCOC(=O)CC(c1ccc(C)c(CN2C[C@@H](C)Oc3ccccc3S2(=O)=O)c1)c1cc(N)c(NC)c(OC)c1. The number of ether oxygens (including phenoxy) is 3. The van der Waals surface area contributed by atoms with E-state index in [4.69, 9.17) is 19.9 Å². The summed E-state index contributed by atoms with van der Waals surface area (Å²) in [6.07, 6.45) is -0.252. The number of carbonyl (C=O) groups excluding carboxylic acids is 1. The monoisotopic (exact) mass is 567 g/mol. The highest BCUT2D eigenvalue weighted by molar-refractivity contribution is 7.89. The Morgan fingerprint density at radius 3 is 2.62 bits per heavy atom. The van der Waals surface area contributed by atoms with Gasteiger partial charge < -0.3 is 25.3 Å². The number of nitrogens with two attached hydrogens (primary N) is 1. The first-order chi connectivity index (χ1) is 19.1. The lowest BCUT2D eigenvalue weighted by Gasteiger charge is -2.24. The second-order valence-electron chi connectivity index (χ2n) is 9.86. The van der Waals surface area contributed by atoms with Gasteiger partial charge in [0.2, 0.25) is 10.0 Å². The van der Waals surface area contributed by atoms with Crippen molar-refractivity contribution in [2.75, 3.05) is 38.4 Å². The molecule has 0 aliphatic carbocycles. The Balaban J connectivity index is 1.76. The van der Waals surface area contributed by atoms with E-state index in [2.05, 4.69) is 5.32 Å². The minimum atomic E-state index is -3.81. The lowest BCUT2D eigenvalue weighted by atomic mass is 9.86. The van der Waals surface area contributed by atoms with Crippen molar-refractivity contribution in [3.63, 3.8) is 0 Å². The van der Waals surface area contributed by atoms with Gasteiger partial charge in [0.25, 0.3) is 0 Å². The second-order valence-corrected chi connectivity index (χ2v) is 11.8. The molecule has 40 heavy (non-hydrogen) atoms. The zero-order valence-corrected chi connectivity index (χ0v) is 24.4. The van der Waals surface area contributed by atoms with Crippen molar-refractivity contribution in [3.8, 4) is 11.5 Å². The van der Waals surface area contributed by atoms with Crippen LogP contribution in [0.3, 0.4) is 0 Å². The van der Waals surface area contributed by atoms with Crippen LogP contribution in [-0.2, 0) is 26.1 Å². The van der Waals surface area contributed by atoms with Gasteiger partial charge >= 0.3 is 5.97 Å². The van der Waals surface area contributed by atoms with Crippen molar-refractivity contribution in [2.24, 2.45) is 0 Å². The third kappa shape index (κ3) is 6.03. The molecule has 2 atom stereocenters. The molecule has 0 saturated heterocycles. The number of para-hydroxylation sites is 1. The third-order valence-corrected chi connectivity index (χ3v) is 8.93. The van der Waals surface area contributed by atoms with Crippen LogP contribution in [0.1, 0.15) is 48.4 Å². The number of fused-ring (bicyclic) bond motifs is 1. The lowest BCUT2D eigenvalue weighted by molar-refractivity contribution is -0.143. The topological polar surface area (TPSA) is 120 Å². The molecule has 0 amide bonds. The van der Waals surface area contributed by atoms with E-state index < -0.39 is 15.9 Å². The molecule has 9 nitrogen and oxygen atoms in total. The van der Waals surface area contributed by atoms with E-state index in [1.807, 2.05) is 44.2 Å². The Kier molecular flexibility index (Phi) is 8.90. The number of aryl methyl sites for hydroxylation is 1. The van der Waals surface area contributed by atoms with Gasteiger partial charge in [-0.1, -0.05) is 30.3 Å². The molecule has 1 aliphatic rings. The number of nitrogens with one attached hydrogen (secondary N) is 1. The Morgan fingerprint density at radius 1 is 1.18 bits per heavy atom. The average Bonchev–Trinajstić information content (AvgIpc) is 3.01. The number of anilines is 2. The molecule has 10 heteroatoms. The maximum absolute atomic E-state index is 13.7. The van der Waals surface area contributed by atoms with Gasteiger partial charge in [-0.25, -0.2) is 8.42 Å². The summed E-state index contributed by atoms with van der Waals surface area (Å²) in [4.78, 5) is 12.9. The predicted molar refractivity (Wildman–Crippen MR) is 155 cm³/mol. The number of sulfonamides is 1.